The molecular weight excluding hydrogens is 363 g/mol. The van der Waals surface area contributed by atoms with Crippen molar-refractivity contribution in [1.29, 1.82) is 0 Å². The molecular formula is C18H18Cl2N2O3. The van der Waals surface area contributed by atoms with Gasteiger partial charge in [0, 0.05) is 19.2 Å². The molecule has 7 heteroatoms. The molecule has 132 valence electrons. The predicted octanol–water partition coefficient (Wildman–Crippen LogP) is 3.85. The van der Waals surface area contributed by atoms with Crippen LogP contribution >= 0.6 is 23.2 Å². The van der Waals surface area contributed by atoms with Crippen LogP contribution in [0.15, 0.2) is 41.0 Å². The van der Waals surface area contributed by atoms with Gasteiger partial charge in [-0.2, -0.15) is 0 Å². The van der Waals surface area contributed by atoms with Crippen molar-refractivity contribution in [3.63, 3.8) is 0 Å². The number of halogens is 2. The first-order valence-corrected chi connectivity index (χ1v) is 8.76. The number of carbonyl (C=O) groups excluding carboxylic acids is 2. The minimum absolute atomic E-state index is 0.0951. The van der Waals surface area contributed by atoms with Crippen molar-refractivity contribution >= 4 is 35.0 Å². The number of carbonyl (C=O) groups is 2. The monoisotopic (exact) mass is 380 g/mol. The van der Waals surface area contributed by atoms with Crippen molar-refractivity contribution < 1.29 is 14.0 Å². The van der Waals surface area contributed by atoms with Gasteiger partial charge in [0.05, 0.1) is 22.9 Å². The number of amides is 2. The van der Waals surface area contributed by atoms with Gasteiger partial charge in [-0.1, -0.05) is 23.2 Å². The van der Waals surface area contributed by atoms with E-state index >= 15 is 0 Å². The summed E-state index contributed by atoms with van der Waals surface area (Å²) in [4.78, 5) is 28.8. The van der Waals surface area contributed by atoms with E-state index in [4.69, 9.17) is 27.6 Å². The number of benzene rings is 1. The van der Waals surface area contributed by atoms with Gasteiger partial charge in [-0.25, -0.2) is 0 Å². The quantitative estimate of drug-likeness (QED) is 0.809. The third kappa shape index (κ3) is 3.83. The number of likely N-dealkylation sites (N-methyl/N-ethyl adjacent to an activating group) is 1. The van der Waals surface area contributed by atoms with E-state index in [2.05, 4.69) is 0 Å². The molecule has 0 N–H and O–H groups in total. The van der Waals surface area contributed by atoms with E-state index in [0.717, 1.165) is 6.42 Å². The summed E-state index contributed by atoms with van der Waals surface area (Å²) in [6.45, 7) is 0.918. The molecule has 1 aromatic heterocycles. The minimum atomic E-state index is -0.470. The first-order valence-electron chi connectivity index (χ1n) is 8.00. The normalized spacial score (nSPS) is 16.9. The lowest BCUT2D eigenvalue weighted by molar-refractivity contribution is -0.134. The Hall–Kier alpha value is -1.98. The van der Waals surface area contributed by atoms with Crippen LogP contribution in [0.5, 0.6) is 0 Å². The van der Waals surface area contributed by atoms with Gasteiger partial charge in [-0.15, -0.1) is 0 Å². The van der Waals surface area contributed by atoms with Gasteiger partial charge >= 0.3 is 0 Å². The van der Waals surface area contributed by atoms with Gasteiger partial charge in [0.1, 0.15) is 11.8 Å². The molecule has 3 rings (SSSR count). The Balaban J connectivity index is 1.73. The van der Waals surface area contributed by atoms with E-state index in [1.807, 2.05) is 6.07 Å². The average molecular weight is 381 g/mol. The molecule has 5 nitrogen and oxygen atoms in total. The van der Waals surface area contributed by atoms with Crippen LogP contribution in [0, 0.1) is 0 Å². The van der Waals surface area contributed by atoms with Crippen LogP contribution in [0.1, 0.15) is 29.0 Å². The summed E-state index contributed by atoms with van der Waals surface area (Å²) in [6, 6.07) is 7.89. The van der Waals surface area contributed by atoms with Crippen molar-refractivity contribution in [3.8, 4) is 0 Å². The Morgan fingerprint density at radius 3 is 2.76 bits per heavy atom. The predicted molar refractivity (Wildman–Crippen MR) is 95.7 cm³/mol. The minimum Gasteiger partial charge on any atom is -0.467 e. The number of furan rings is 1. The number of hydrogen-bond donors (Lipinski definition) is 0. The molecule has 0 spiro atoms. The third-order valence-electron chi connectivity index (χ3n) is 4.31. The van der Waals surface area contributed by atoms with Gasteiger partial charge in [0.2, 0.25) is 5.91 Å². The number of likely N-dealkylation sites (tertiary alicyclic amines) is 1. The van der Waals surface area contributed by atoms with Crippen molar-refractivity contribution in [2.45, 2.75) is 25.4 Å². The highest BCUT2D eigenvalue weighted by molar-refractivity contribution is 6.42. The zero-order valence-electron chi connectivity index (χ0n) is 13.7. The van der Waals surface area contributed by atoms with Crippen molar-refractivity contribution in [2.24, 2.45) is 0 Å². The van der Waals surface area contributed by atoms with E-state index in [-0.39, 0.29) is 11.8 Å². The molecule has 1 aliphatic heterocycles. The summed E-state index contributed by atoms with van der Waals surface area (Å²) in [5.74, 6) is 0.402. The molecule has 2 amide bonds. The lowest BCUT2D eigenvalue weighted by atomic mass is 10.1. The van der Waals surface area contributed by atoms with Gasteiger partial charge in [-0.3, -0.25) is 9.59 Å². The molecule has 1 saturated heterocycles. The van der Waals surface area contributed by atoms with Crippen LogP contribution in [-0.2, 0) is 11.3 Å². The zero-order chi connectivity index (χ0) is 18.0. The topological polar surface area (TPSA) is 53.8 Å². The highest BCUT2D eigenvalue weighted by Crippen LogP contribution is 2.26. The fourth-order valence-corrected chi connectivity index (χ4v) is 3.33. The maximum Gasteiger partial charge on any atom is 0.254 e. The summed E-state index contributed by atoms with van der Waals surface area (Å²) in [6.07, 6.45) is 3.01. The smallest absolute Gasteiger partial charge is 0.254 e. The standard InChI is InChI=1S/C18H18Cl2N2O3/c1-21(11-13-4-3-9-25-13)18(24)16-5-2-8-22(16)17(23)12-6-7-14(19)15(20)10-12/h3-4,6-7,9-10,16H,2,5,8,11H2,1H3. The number of hydrogen-bond acceptors (Lipinski definition) is 3. The summed E-state index contributed by atoms with van der Waals surface area (Å²) < 4.78 is 5.28. The Morgan fingerprint density at radius 2 is 2.08 bits per heavy atom. The van der Waals surface area contributed by atoms with Crippen LogP contribution in [0.25, 0.3) is 0 Å². The molecule has 1 fully saturated rings. The number of rotatable bonds is 4. The van der Waals surface area contributed by atoms with Gasteiger partial charge in [0.15, 0.2) is 0 Å². The van der Waals surface area contributed by atoms with Crippen LogP contribution in [0.3, 0.4) is 0 Å². The largest absolute Gasteiger partial charge is 0.467 e. The summed E-state index contributed by atoms with van der Waals surface area (Å²) in [7, 11) is 1.71. The van der Waals surface area contributed by atoms with Gasteiger partial charge in [-0.05, 0) is 43.2 Å². The van der Waals surface area contributed by atoms with Gasteiger partial charge < -0.3 is 14.2 Å². The summed E-state index contributed by atoms with van der Waals surface area (Å²) in [5.41, 5.74) is 0.433. The van der Waals surface area contributed by atoms with Crippen molar-refractivity contribution in [2.75, 3.05) is 13.6 Å². The Labute approximate surface area is 156 Å². The molecule has 1 aliphatic rings. The average Bonchev–Trinajstić information content (AvgIpc) is 3.27. The van der Waals surface area contributed by atoms with E-state index in [0.29, 0.717) is 40.9 Å². The SMILES string of the molecule is CN(Cc1ccco1)C(=O)C1CCCN1C(=O)c1ccc(Cl)c(Cl)c1. The Kier molecular flexibility index (Phi) is 5.35. The second kappa shape index (κ2) is 7.50. The van der Waals surface area contributed by atoms with E-state index < -0.39 is 6.04 Å². The Bertz CT molecular complexity index is 777. The van der Waals surface area contributed by atoms with Crippen molar-refractivity contribution in [3.05, 3.63) is 58.0 Å². The van der Waals surface area contributed by atoms with E-state index in [9.17, 15) is 9.59 Å². The first-order chi connectivity index (χ1) is 12.0. The Morgan fingerprint density at radius 1 is 1.28 bits per heavy atom. The van der Waals surface area contributed by atoms with Gasteiger partial charge in [0.25, 0.3) is 5.91 Å². The second-order valence-electron chi connectivity index (χ2n) is 6.06. The molecule has 0 bridgehead atoms. The molecule has 25 heavy (non-hydrogen) atoms. The summed E-state index contributed by atoms with van der Waals surface area (Å²) in [5, 5.41) is 0.718. The molecule has 1 atom stereocenters. The molecule has 0 aliphatic carbocycles. The zero-order valence-corrected chi connectivity index (χ0v) is 15.3. The van der Waals surface area contributed by atoms with Crippen LogP contribution in [-0.4, -0.2) is 41.2 Å². The first kappa shape index (κ1) is 17.8. The lowest BCUT2D eigenvalue weighted by Crippen LogP contribution is -2.46. The fourth-order valence-electron chi connectivity index (χ4n) is 3.03. The molecule has 1 unspecified atom stereocenters. The third-order valence-corrected chi connectivity index (χ3v) is 5.05. The van der Waals surface area contributed by atoms with Crippen LogP contribution in [0.2, 0.25) is 10.0 Å². The molecule has 2 heterocycles. The lowest BCUT2D eigenvalue weighted by Gasteiger charge is -2.27. The molecule has 2 aromatic rings. The number of nitrogens with zero attached hydrogens (tertiary/aromatic N) is 2. The second-order valence-corrected chi connectivity index (χ2v) is 6.87. The molecule has 1 aromatic carbocycles. The highest BCUT2D eigenvalue weighted by Gasteiger charge is 2.36. The van der Waals surface area contributed by atoms with E-state index in [1.165, 1.54) is 0 Å². The van der Waals surface area contributed by atoms with Crippen LogP contribution in [0.4, 0.5) is 0 Å². The fraction of sp³-hybridized carbons (Fsp3) is 0.333. The van der Waals surface area contributed by atoms with Crippen LogP contribution < -0.4 is 0 Å². The molecule has 0 radical (unpaired) electrons. The highest BCUT2D eigenvalue weighted by atomic mass is 35.5. The van der Waals surface area contributed by atoms with Crippen molar-refractivity contribution in [1.82, 2.24) is 9.80 Å². The maximum atomic E-state index is 12.8. The summed E-state index contributed by atoms with van der Waals surface area (Å²) >= 11 is 11.9. The van der Waals surface area contributed by atoms with E-state index in [1.54, 1.807) is 47.4 Å². The molecule has 0 saturated carbocycles. The maximum absolute atomic E-state index is 12.8.